The average molecular weight is 267 g/mol. The van der Waals surface area contributed by atoms with E-state index in [2.05, 4.69) is 5.16 Å². The Balaban J connectivity index is 2.15. The first-order valence-electron chi connectivity index (χ1n) is 7.45. The van der Waals surface area contributed by atoms with Crippen LogP contribution in [-0.2, 0) is 4.79 Å². The third-order valence-electron chi connectivity index (χ3n) is 4.83. The van der Waals surface area contributed by atoms with Crippen LogP contribution in [0.4, 0.5) is 0 Å². The average Bonchev–Trinajstić information content (AvgIpc) is 2.39. The quantitative estimate of drug-likeness (QED) is 0.354. The molecule has 0 unspecified atom stereocenters. The van der Waals surface area contributed by atoms with Gasteiger partial charge in [-0.25, -0.2) is 0 Å². The van der Waals surface area contributed by atoms with Crippen molar-refractivity contribution in [3.63, 3.8) is 0 Å². The van der Waals surface area contributed by atoms with Crippen LogP contribution in [0, 0.1) is 5.41 Å². The van der Waals surface area contributed by atoms with Gasteiger partial charge >= 0.3 is 0 Å². The minimum atomic E-state index is -0.720. The standard InChI is InChI=1S/C14H25N3O2/c1-2-17(11-7-4-3-5-8-11)13(18)14(9-6-10-14)12(15)16-19/h11,19H,2-10H2,1H3,(H2,15,16). The second kappa shape index (κ2) is 5.80. The van der Waals surface area contributed by atoms with Crippen molar-refractivity contribution in [1.29, 1.82) is 0 Å². The van der Waals surface area contributed by atoms with Crippen molar-refractivity contribution in [2.24, 2.45) is 16.3 Å². The number of carbonyl (C=O) groups excluding carboxylic acids is 1. The number of carbonyl (C=O) groups is 1. The topological polar surface area (TPSA) is 78.9 Å². The van der Waals surface area contributed by atoms with Crippen LogP contribution in [0.25, 0.3) is 0 Å². The third-order valence-corrected chi connectivity index (χ3v) is 4.83. The molecular weight excluding hydrogens is 242 g/mol. The van der Waals surface area contributed by atoms with Gasteiger partial charge in [0.2, 0.25) is 5.91 Å². The Morgan fingerprint density at radius 2 is 1.95 bits per heavy atom. The van der Waals surface area contributed by atoms with E-state index in [9.17, 15) is 4.79 Å². The van der Waals surface area contributed by atoms with Crippen molar-refractivity contribution < 1.29 is 10.0 Å². The summed E-state index contributed by atoms with van der Waals surface area (Å²) in [5.74, 6) is 0.168. The number of nitrogens with two attached hydrogens (primary N) is 1. The van der Waals surface area contributed by atoms with E-state index in [0.29, 0.717) is 25.4 Å². The molecule has 0 aromatic heterocycles. The molecule has 5 nitrogen and oxygen atoms in total. The summed E-state index contributed by atoms with van der Waals surface area (Å²) >= 11 is 0. The molecule has 2 saturated carbocycles. The smallest absolute Gasteiger partial charge is 0.236 e. The highest BCUT2D eigenvalue weighted by Gasteiger charge is 2.51. The Hall–Kier alpha value is -1.26. The summed E-state index contributed by atoms with van der Waals surface area (Å²) in [6.45, 7) is 2.73. The first-order chi connectivity index (χ1) is 9.15. The minimum Gasteiger partial charge on any atom is -0.409 e. The summed E-state index contributed by atoms with van der Waals surface area (Å²) in [5.41, 5.74) is 5.07. The number of nitrogens with zero attached hydrogens (tertiary/aromatic N) is 2. The van der Waals surface area contributed by atoms with Crippen LogP contribution >= 0.6 is 0 Å². The fourth-order valence-electron chi connectivity index (χ4n) is 3.44. The Bertz CT molecular complexity index is 358. The molecule has 0 aromatic carbocycles. The largest absolute Gasteiger partial charge is 0.409 e. The fraction of sp³-hybridized carbons (Fsp3) is 0.857. The van der Waals surface area contributed by atoms with Gasteiger partial charge in [-0.3, -0.25) is 4.79 Å². The van der Waals surface area contributed by atoms with E-state index in [-0.39, 0.29) is 11.7 Å². The van der Waals surface area contributed by atoms with E-state index in [4.69, 9.17) is 10.9 Å². The number of amides is 1. The molecule has 1 amide bonds. The Labute approximate surface area is 114 Å². The number of amidine groups is 1. The van der Waals surface area contributed by atoms with E-state index in [1.807, 2.05) is 11.8 Å². The second-order valence-corrected chi connectivity index (χ2v) is 5.80. The molecule has 0 spiro atoms. The third kappa shape index (κ3) is 2.42. The molecule has 108 valence electrons. The molecule has 5 heteroatoms. The van der Waals surface area contributed by atoms with Crippen LogP contribution < -0.4 is 5.73 Å². The molecule has 0 saturated heterocycles. The van der Waals surface area contributed by atoms with Crippen LogP contribution in [0.1, 0.15) is 58.3 Å². The Morgan fingerprint density at radius 1 is 1.32 bits per heavy atom. The number of hydrogen-bond donors (Lipinski definition) is 2. The van der Waals surface area contributed by atoms with Gasteiger partial charge in [-0.1, -0.05) is 30.8 Å². The van der Waals surface area contributed by atoms with Crippen molar-refractivity contribution in [2.75, 3.05) is 6.54 Å². The lowest BCUT2D eigenvalue weighted by molar-refractivity contribution is -0.145. The molecule has 3 N–H and O–H groups in total. The summed E-state index contributed by atoms with van der Waals surface area (Å²) in [4.78, 5) is 14.8. The zero-order valence-electron chi connectivity index (χ0n) is 11.8. The molecule has 0 heterocycles. The van der Waals surface area contributed by atoms with Crippen LogP contribution in [-0.4, -0.2) is 34.4 Å². The summed E-state index contributed by atoms with van der Waals surface area (Å²) in [7, 11) is 0. The van der Waals surface area contributed by atoms with Gasteiger partial charge in [0, 0.05) is 12.6 Å². The second-order valence-electron chi connectivity index (χ2n) is 5.80. The highest BCUT2D eigenvalue weighted by atomic mass is 16.4. The monoisotopic (exact) mass is 267 g/mol. The lowest BCUT2D eigenvalue weighted by atomic mass is 9.66. The van der Waals surface area contributed by atoms with Crippen molar-refractivity contribution >= 4 is 11.7 Å². The summed E-state index contributed by atoms with van der Waals surface area (Å²) in [5, 5.41) is 12.1. The molecule has 0 bridgehead atoms. The maximum absolute atomic E-state index is 12.8. The van der Waals surface area contributed by atoms with Crippen molar-refractivity contribution in [3.05, 3.63) is 0 Å². The van der Waals surface area contributed by atoms with E-state index in [1.165, 1.54) is 19.3 Å². The van der Waals surface area contributed by atoms with Gasteiger partial charge in [-0.05, 0) is 32.6 Å². The van der Waals surface area contributed by atoms with Crippen molar-refractivity contribution in [2.45, 2.75) is 64.3 Å². The van der Waals surface area contributed by atoms with E-state index in [0.717, 1.165) is 19.3 Å². The minimum absolute atomic E-state index is 0.0726. The lowest BCUT2D eigenvalue weighted by Gasteiger charge is -2.45. The van der Waals surface area contributed by atoms with Gasteiger partial charge in [0.05, 0.1) is 0 Å². The fourth-order valence-corrected chi connectivity index (χ4v) is 3.44. The van der Waals surface area contributed by atoms with E-state index >= 15 is 0 Å². The molecule has 2 fully saturated rings. The van der Waals surface area contributed by atoms with Crippen molar-refractivity contribution in [3.8, 4) is 0 Å². The zero-order valence-corrected chi connectivity index (χ0v) is 11.8. The number of rotatable bonds is 4. The van der Waals surface area contributed by atoms with Gasteiger partial charge in [0.25, 0.3) is 0 Å². The highest BCUT2D eigenvalue weighted by Crippen LogP contribution is 2.43. The van der Waals surface area contributed by atoms with Crippen molar-refractivity contribution in [1.82, 2.24) is 4.90 Å². The van der Waals surface area contributed by atoms with Gasteiger partial charge in [0.15, 0.2) is 5.84 Å². The highest BCUT2D eigenvalue weighted by molar-refractivity contribution is 6.07. The molecule has 2 rings (SSSR count). The van der Waals surface area contributed by atoms with Crippen LogP contribution in [0.15, 0.2) is 5.16 Å². The van der Waals surface area contributed by atoms with Gasteiger partial charge < -0.3 is 15.8 Å². The molecule has 19 heavy (non-hydrogen) atoms. The molecule has 0 radical (unpaired) electrons. The SMILES string of the molecule is CCN(C(=O)C1(C(N)=NO)CCC1)C1CCCCC1. The van der Waals surface area contributed by atoms with Gasteiger partial charge in [0.1, 0.15) is 5.41 Å². The first-order valence-corrected chi connectivity index (χ1v) is 7.45. The maximum Gasteiger partial charge on any atom is 0.236 e. The normalized spacial score (nSPS) is 23.7. The van der Waals surface area contributed by atoms with Gasteiger partial charge in [-0.2, -0.15) is 0 Å². The number of oxime groups is 1. The summed E-state index contributed by atoms with van der Waals surface area (Å²) in [6, 6.07) is 0.343. The van der Waals surface area contributed by atoms with Gasteiger partial charge in [-0.15, -0.1) is 0 Å². The lowest BCUT2D eigenvalue weighted by Crippen LogP contribution is -2.57. The molecule has 0 aromatic rings. The first kappa shape index (κ1) is 14.2. The van der Waals surface area contributed by atoms with Crippen LogP contribution in [0.2, 0.25) is 0 Å². The molecule has 0 atom stereocenters. The summed E-state index contributed by atoms with van der Waals surface area (Å²) < 4.78 is 0. The zero-order chi connectivity index (χ0) is 13.9. The van der Waals surface area contributed by atoms with Crippen LogP contribution in [0.5, 0.6) is 0 Å². The van der Waals surface area contributed by atoms with Crippen LogP contribution in [0.3, 0.4) is 0 Å². The predicted octanol–water partition coefficient (Wildman–Crippen LogP) is 2.08. The predicted molar refractivity (Wildman–Crippen MR) is 74.0 cm³/mol. The summed E-state index contributed by atoms with van der Waals surface area (Å²) in [6.07, 6.45) is 8.25. The Morgan fingerprint density at radius 3 is 2.37 bits per heavy atom. The number of hydrogen-bond acceptors (Lipinski definition) is 3. The maximum atomic E-state index is 12.8. The van der Waals surface area contributed by atoms with E-state index < -0.39 is 5.41 Å². The van der Waals surface area contributed by atoms with E-state index in [1.54, 1.807) is 0 Å². The molecule has 2 aliphatic carbocycles. The molecular formula is C14H25N3O2. The molecule has 2 aliphatic rings. The molecule has 0 aliphatic heterocycles. The Kier molecular flexibility index (Phi) is 4.32.